The first-order valence-electron chi connectivity index (χ1n) is 10.5. The van der Waals surface area contributed by atoms with Gasteiger partial charge >= 0.3 is 5.97 Å². The average Bonchev–Trinajstić information content (AvgIpc) is 3.06. The van der Waals surface area contributed by atoms with Crippen LogP contribution < -0.4 is 14.2 Å². The summed E-state index contributed by atoms with van der Waals surface area (Å²) < 4.78 is 16.6. The fourth-order valence-electron chi connectivity index (χ4n) is 3.60. The van der Waals surface area contributed by atoms with E-state index in [9.17, 15) is 14.4 Å². The number of rotatable bonds is 6. The Kier molecular flexibility index (Phi) is 6.52. The first kappa shape index (κ1) is 23.3. The van der Waals surface area contributed by atoms with Crippen molar-refractivity contribution < 1.29 is 28.6 Å². The number of fused-ring (bicyclic) bond motifs is 1. The molecular weight excluding hydrogens is 456 g/mol. The van der Waals surface area contributed by atoms with Gasteiger partial charge in [-0.15, -0.1) is 0 Å². The lowest BCUT2D eigenvalue weighted by Crippen LogP contribution is -2.28. The highest BCUT2D eigenvalue weighted by molar-refractivity contribution is 6.41. The van der Waals surface area contributed by atoms with Crippen molar-refractivity contribution in [3.8, 4) is 17.2 Å². The number of carbonyl (C=O) groups excluding carboxylic acids is 3. The highest BCUT2D eigenvalue weighted by atomic mass is 35.5. The van der Waals surface area contributed by atoms with E-state index >= 15 is 0 Å². The maximum absolute atomic E-state index is 12.6. The summed E-state index contributed by atoms with van der Waals surface area (Å²) in [6.45, 7) is 3.41. The number of ether oxygens (including phenoxy) is 3. The molecule has 0 amide bonds. The number of benzene rings is 3. The zero-order valence-corrected chi connectivity index (χ0v) is 19.5. The summed E-state index contributed by atoms with van der Waals surface area (Å²) in [6, 6.07) is 16.6. The Hall–Kier alpha value is -3.90. The largest absolute Gasteiger partial charge is 0.493 e. The van der Waals surface area contributed by atoms with Gasteiger partial charge in [-0.2, -0.15) is 0 Å². The second kappa shape index (κ2) is 9.53. The predicted octanol–water partition coefficient (Wildman–Crippen LogP) is 5.49. The Morgan fingerprint density at radius 3 is 2.18 bits per heavy atom. The van der Waals surface area contributed by atoms with Crippen molar-refractivity contribution in [3.63, 3.8) is 0 Å². The Labute approximate surface area is 201 Å². The molecule has 0 spiro atoms. The van der Waals surface area contributed by atoms with Crippen LogP contribution in [-0.4, -0.2) is 30.7 Å². The van der Waals surface area contributed by atoms with Gasteiger partial charge in [0.05, 0.1) is 12.7 Å². The second-order valence-corrected chi connectivity index (χ2v) is 8.20. The molecule has 0 fully saturated rings. The molecule has 1 aliphatic rings. The lowest BCUT2D eigenvalue weighted by Gasteiger charge is -2.16. The van der Waals surface area contributed by atoms with Crippen LogP contribution in [-0.2, 0) is 4.79 Å². The highest BCUT2D eigenvalue weighted by Crippen LogP contribution is 2.32. The number of hydrogen-bond acceptors (Lipinski definition) is 6. The number of aryl methyl sites for hydroxylation is 1. The number of hydrogen-bond donors (Lipinski definition) is 0. The van der Waals surface area contributed by atoms with Crippen LogP contribution in [0, 0.1) is 6.92 Å². The average molecular weight is 477 g/mol. The fourth-order valence-corrected chi connectivity index (χ4v) is 3.83. The molecule has 0 saturated carbocycles. The van der Waals surface area contributed by atoms with Crippen LogP contribution in [0.1, 0.15) is 38.8 Å². The number of methoxy groups -OCH3 is 1. The van der Waals surface area contributed by atoms with E-state index in [0.29, 0.717) is 27.5 Å². The molecule has 0 radical (unpaired) electrons. The SMILES string of the molecule is COc1cc(C=C2C(=O)c3ccccc3C2=O)ccc1OC(=O)C(C)Oc1ccc(Cl)cc1C. The molecule has 1 atom stereocenters. The molecule has 0 N–H and O–H groups in total. The van der Waals surface area contributed by atoms with Gasteiger partial charge in [0, 0.05) is 16.1 Å². The molecule has 7 heteroatoms. The third-order valence-electron chi connectivity index (χ3n) is 5.39. The van der Waals surface area contributed by atoms with Gasteiger partial charge in [0.2, 0.25) is 0 Å². The summed E-state index contributed by atoms with van der Waals surface area (Å²) in [5, 5.41) is 0.574. The Balaban J connectivity index is 1.51. The van der Waals surface area contributed by atoms with Crippen LogP contribution >= 0.6 is 11.6 Å². The smallest absolute Gasteiger partial charge is 0.352 e. The summed E-state index contributed by atoms with van der Waals surface area (Å²) in [5.41, 5.74) is 2.21. The zero-order chi connectivity index (χ0) is 24.4. The molecule has 0 heterocycles. The van der Waals surface area contributed by atoms with Gasteiger partial charge in [0.1, 0.15) is 5.75 Å². The van der Waals surface area contributed by atoms with Gasteiger partial charge in [-0.25, -0.2) is 4.79 Å². The van der Waals surface area contributed by atoms with Crippen LogP contribution in [0.2, 0.25) is 5.02 Å². The maximum Gasteiger partial charge on any atom is 0.352 e. The fraction of sp³-hybridized carbons (Fsp3) is 0.148. The van der Waals surface area contributed by atoms with Crippen molar-refractivity contribution in [1.29, 1.82) is 0 Å². The Morgan fingerprint density at radius 1 is 0.912 bits per heavy atom. The molecule has 172 valence electrons. The minimum Gasteiger partial charge on any atom is -0.493 e. The van der Waals surface area contributed by atoms with Crippen LogP contribution in [0.5, 0.6) is 17.2 Å². The number of esters is 1. The number of ketones is 2. The molecular formula is C27H21ClO6. The molecule has 1 aliphatic carbocycles. The Morgan fingerprint density at radius 2 is 1.56 bits per heavy atom. The normalized spacial score (nSPS) is 13.4. The summed E-state index contributed by atoms with van der Waals surface area (Å²) >= 11 is 5.96. The zero-order valence-electron chi connectivity index (χ0n) is 18.8. The van der Waals surface area contributed by atoms with E-state index in [1.54, 1.807) is 67.6 Å². The van der Waals surface area contributed by atoms with Crippen molar-refractivity contribution >= 4 is 35.2 Å². The number of halogens is 1. The van der Waals surface area contributed by atoms with Gasteiger partial charge in [-0.05, 0) is 61.4 Å². The summed E-state index contributed by atoms with van der Waals surface area (Å²) in [5.74, 6) is -0.277. The molecule has 4 rings (SSSR count). The molecule has 0 aliphatic heterocycles. The minimum atomic E-state index is -0.890. The molecule has 0 aromatic heterocycles. The molecule has 0 bridgehead atoms. The van der Waals surface area contributed by atoms with Crippen molar-refractivity contribution in [1.82, 2.24) is 0 Å². The van der Waals surface area contributed by atoms with Crippen LogP contribution in [0.3, 0.4) is 0 Å². The quantitative estimate of drug-likeness (QED) is 0.202. The monoisotopic (exact) mass is 476 g/mol. The van der Waals surface area contributed by atoms with E-state index in [2.05, 4.69) is 0 Å². The standard InChI is InChI=1S/C27H21ClO6/c1-15-12-18(28)9-11-22(15)33-16(2)27(31)34-23-10-8-17(14-24(23)32-3)13-21-25(29)19-6-4-5-7-20(19)26(21)30/h4-14,16H,1-3H3. The van der Waals surface area contributed by atoms with Gasteiger partial charge in [0.15, 0.2) is 29.2 Å². The van der Waals surface area contributed by atoms with Gasteiger partial charge < -0.3 is 14.2 Å². The second-order valence-electron chi connectivity index (χ2n) is 7.76. The molecule has 0 saturated heterocycles. The first-order chi connectivity index (χ1) is 16.3. The van der Waals surface area contributed by atoms with E-state index in [1.165, 1.54) is 13.2 Å². The third kappa shape index (κ3) is 4.58. The number of Topliss-reactive ketones (excluding diaryl/α,β-unsaturated/α-hetero) is 2. The predicted molar refractivity (Wildman–Crippen MR) is 128 cm³/mol. The van der Waals surface area contributed by atoms with Crippen molar-refractivity contribution in [2.24, 2.45) is 0 Å². The molecule has 6 nitrogen and oxygen atoms in total. The topological polar surface area (TPSA) is 78.9 Å². The van der Waals surface area contributed by atoms with E-state index in [4.69, 9.17) is 25.8 Å². The van der Waals surface area contributed by atoms with E-state index in [0.717, 1.165) is 5.56 Å². The first-order valence-corrected chi connectivity index (χ1v) is 10.9. The van der Waals surface area contributed by atoms with Crippen molar-refractivity contribution in [2.45, 2.75) is 20.0 Å². The van der Waals surface area contributed by atoms with Crippen LogP contribution in [0.15, 0.2) is 66.2 Å². The van der Waals surface area contributed by atoms with Crippen LogP contribution in [0.4, 0.5) is 0 Å². The summed E-state index contributed by atoms with van der Waals surface area (Å²) in [6.07, 6.45) is 0.618. The maximum atomic E-state index is 12.6. The van der Waals surface area contributed by atoms with Crippen LogP contribution in [0.25, 0.3) is 6.08 Å². The van der Waals surface area contributed by atoms with E-state index < -0.39 is 12.1 Å². The third-order valence-corrected chi connectivity index (χ3v) is 5.62. The van der Waals surface area contributed by atoms with Crippen molar-refractivity contribution in [2.75, 3.05) is 7.11 Å². The summed E-state index contributed by atoms with van der Waals surface area (Å²) in [7, 11) is 1.43. The summed E-state index contributed by atoms with van der Waals surface area (Å²) in [4.78, 5) is 37.9. The molecule has 3 aromatic rings. The minimum absolute atomic E-state index is 0.0772. The Bertz CT molecular complexity index is 1300. The molecule has 3 aromatic carbocycles. The van der Waals surface area contributed by atoms with Gasteiger partial charge in [-0.3, -0.25) is 9.59 Å². The van der Waals surface area contributed by atoms with E-state index in [-0.39, 0.29) is 28.6 Å². The van der Waals surface area contributed by atoms with E-state index in [1.807, 2.05) is 6.92 Å². The number of carbonyl (C=O) groups is 3. The molecule has 34 heavy (non-hydrogen) atoms. The van der Waals surface area contributed by atoms with Crippen molar-refractivity contribution in [3.05, 3.63) is 93.5 Å². The highest BCUT2D eigenvalue weighted by Gasteiger charge is 2.32. The lowest BCUT2D eigenvalue weighted by molar-refractivity contribution is -0.141. The van der Waals surface area contributed by atoms with Gasteiger partial charge in [-0.1, -0.05) is 41.9 Å². The van der Waals surface area contributed by atoms with Gasteiger partial charge in [0.25, 0.3) is 0 Å². The lowest BCUT2D eigenvalue weighted by atomic mass is 10.1. The molecule has 1 unspecified atom stereocenters. The number of allylic oxidation sites excluding steroid dienone is 1.